The highest BCUT2D eigenvalue weighted by molar-refractivity contribution is 6.32. The lowest BCUT2D eigenvalue weighted by molar-refractivity contribution is 0.0299. The molecule has 1 aliphatic rings. The molecule has 0 unspecified atom stereocenters. The number of pyridine rings is 1. The fourth-order valence-electron chi connectivity index (χ4n) is 2.34. The predicted octanol–water partition coefficient (Wildman–Crippen LogP) is 2.40. The third-order valence-electron chi connectivity index (χ3n) is 3.40. The van der Waals surface area contributed by atoms with E-state index in [1.54, 1.807) is 0 Å². The van der Waals surface area contributed by atoms with Crippen molar-refractivity contribution < 1.29 is 9.53 Å². The van der Waals surface area contributed by atoms with Crippen molar-refractivity contribution in [3.63, 3.8) is 0 Å². The van der Waals surface area contributed by atoms with E-state index in [0.717, 1.165) is 12.8 Å². The average molecular weight is 298 g/mol. The molecule has 1 saturated carbocycles. The van der Waals surface area contributed by atoms with Gasteiger partial charge in [0.05, 0.1) is 30.2 Å². The molecule has 0 aliphatic heterocycles. The number of nitrogens with zero attached hydrogens (tertiary/aromatic N) is 1. The van der Waals surface area contributed by atoms with Crippen LogP contribution >= 0.6 is 11.6 Å². The van der Waals surface area contributed by atoms with Gasteiger partial charge in [-0.05, 0) is 18.9 Å². The lowest BCUT2D eigenvalue weighted by Crippen LogP contribution is -2.29. The van der Waals surface area contributed by atoms with E-state index in [1.807, 2.05) is 0 Å². The van der Waals surface area contributed by atoms with Crippen LogP contribution in [0.5, 0.6) is 0 Å². The number of aromatic nitrogens is 1. The summed E-state index contributed by atoms with van der Waals surface area (Å²) in [7, 11) is 0. The number of rotatable bonds is 5. The molecule has 6 heteroatoms. The minimum atomic E-state index is -0.276. The first kappa shape index (κ1) is 15.1. The summed E-state index contributed by atoms with van der Waals surface area (Å²) < 4.78 is 5.74. The molecule has 0 aromatic carbocycles. The summed E-state index contributed by atoms with van der Waals surface area (Å²) in [5.41, 5.74) is 6.30. The average Bonchev–Trinajstić information content (AvgIpc) is 2.47. The van der Waals surface area contributed by atoms with E-state index in [9.17, 15) is 4.79 Å². The van der Waals surface area contributed by atoms with E-state index < -0.39 is 0 Å². The second-order valence-electron chi connectivity index (χ2n) is 4.99. The van der Waals surface area contributed by atoms with E-state index >= 15 is 0 Å². The fraction of sp³-hybridized carbons (Fsp3) is 0.571. The number of carbonyl (C=O) groups is 1. The Morgan fingerprint density at radius 1 is 1.45 bits per heavy atom. The zero-order valence-corrected chi connectivity index (χ0v) is 12.2. The van der Waals surface area contributed by atoms with Gasteiger partial charge in [0.15, 0.2) is 0 Å². The monoisotopic (exact) mass is 297 g/mol. The van der Waals surface area contributed by atoms with Gasteiger partial charge in [0.25, 0.3) is 5.91 Å². The number of hydrogen-bond acceptors (Lipinski definition) is 4. The highest BCUT2D eigenvalue weighted by atomic mass is 35.5. The molecule has 20 heavy (non-hydrogen) atoms. The van der Waals surface area contributed by atoms with Gasteiger partial charge in [0.2, 0.25) is 0 Å². The van der Waals surface area contributed by atoms with Crippen LogP contribution in [0.25, 0.3) is 0 Å². The summed E-state index contributed by atoms with van der Waals surface area (Å²) in [5.74, 6) is -0.276. The summed E-state index contributed by atoms with van der Waals surface area (Å²) in [6.45, 7) is 0.976. The fourth-order valence-corrected chi connectivity index (χ4v) is 2.53. The molecule has 0 spiro atoms. The number of carbonyl (C=O) groups excluding carboxylic acids is 1. The van der Waals surface area contributed by atoms with Crippen LogP contribution in [-0.4, -0.2) is 30.1 Å². The predicted molar refractivity (Wildman–Crippen MR) is 78.8 cm³/mol. The Labute approximate surface area is 123 Å². The summed E-state index contributed by atoms with van der Waals surface area (Å²) in [6.07, 6.45) is 7.79. The van der Waals surface area contributed by atoms with Crippen molar-refractivity contribution in [1.82, 2.24) is 10.3 Å². The first-order valence-electron chi connectivity index (χ1n) is 6.97. The van der Waals surface area contributed by atoms with Crippen LogP contribution in [-0.2, 0) is 4.74 Å². The van der Waals surface area contributed by atoms with E-state index in [1.165, 1.54) is 31.5 Å². The second kappa shape index (κ2) is 7.45. The van der Waals surface area contributed by atoms with Crippen LogP contribution in [0.4, 0.5) is 5.69 Å². The Hall–Kier alpha value is -1.33. The number of halogens is 1. The Morgan fingerprint density at radius 3 is 2.95 bits per heavy atom. The molecule has 2 rings (SSSR count). The summed E-state index contributed by atoms with van der Waals surface area (Å²) in [5, 5.41) is 2.92. The third kappa shape index (κ3) is 4.35. The molecular formula is C14H20ClN3O2. The Bertz CT molecular complexity index is 462. The number of hydrogen-bond donors (Lipinski definition) is 2. The molecule has 0 atom stereocenters. The molecule has 0 radical (unpaired) electrons. The smallest absolute Gasteiger partial charge is 0.254 e. The van der Waals surface area contributed by atoms with E-state index in [4.69, 9.17) is 22.1 Å². The Balaban J connectivity index is 1.73. The van der Waals surface area contributed by atoms with Gasteiger partial charge in [0.1, 0.15) is 5.15 Å². The molecule has 3 N–H and O–H groups in total. The van der Waals surface area contributed by atoms with Crippen LogP contribution < -0.4 is 11.1 Å². The number of nitrogen functional groups attached to an aromatic ring is 1. The van der Waals surface area contributed by atoms with E-state index in [2.05, 4.69) is 10.3 Å². The highest BCUT2D eigenvalue weighted by Crippen LogP contribution is 2.20. The standard InChI is InChI=1S/C14H20ClN3O2/c15-13-12(8-10(16)9-18-13)14(19)17-6-7-20-11-4-2-1-3-5-11/h8-9,11H,1-7,16H2,(H,17,19). The van der Waals surface area contributed by atoms with Crippen LogP contribution in [0.3, 0.4) is 0 Å². The quantitative estimate of drug-likeness (QED) is 0.646. The van der Waals surface area contributed by atoms with Crippen molar-refractivity contribution >= 4 is 23.2 Å². The highest BCUT2D eigenvalue weighted by Gasteiger charge is 2.14. The first-order valence-corrected chi connectivity index (χ1v) is 7.35. The van der Waals surface area contributed by atoms with Crippen molar-refractivity contribution in [3.8, 4) is 0 Å². The summed E-state index contributed by atoms with van der Waals surface area (Å²) >= 11 is 5.87. The first-order chi connectivity index (χ1) is 9.66. The molecule has 0 saturated heterocycles. The lowest BCUT2D eigenvalue weighted by atomic mass is 9.98. The number of ether oxygens (including phenoxy) is 1. The maximum absolute atomic E-state index is 11.9. The van der Waals surface area contributed by atoms with Crippen LogP contribution in [0.15, 0.2) is 12.3 Å². The molecular weight excluding hydrogens is 278 g/mol. The molecule has 1 aromatic heterocycles. The minimum absolute atomic E-state index is 0.157. The molecule has 1 amide bonds. The van der Waals surface area contributed by atoms with Crippen LogP contribution in [0.2, 0.25) is 5.15 Å². The zero-order valence-electron chi connectivity index (χ0n) is 11.4. The Morgan fingerprint density at radius 2 is 2.20 bits per heavy atom. The van der Waals surface area contributed by atoms with Gasteiger partial charge < -0.3 is 15.8 Å². The van der Waals surface area contributed by atoms with Crippen molar-refractivity contribution in [3.05, 3.63) is 23.0 Å². The van der Waals surface area contributed by atoms with Gasteiger partial charge in [-0.1, -0.05) is 30.9 Å². The summed E-state index contributed by atoms with van der Waals surface area (Å²) in [6, 6.07) is 1.52. The van der Waals surface area contributed by atoms with Crippen LogP contribution in [0, 0.1) is 0 Å². The number of anilines is 1. The van der Waals surface area contributed by atoms with Gasteiger partial charge in [-0.3, -0.25) is 4.79 Å². The number of nitrogens with one attached hydrogen (secondary N) is 1. The normalized spacial score (nSPS) is 16.1. The van der Waals surface area contributed by atoms with Crippen molar-refractivity contribution in [1.29, 1.82) is 0 Å². The Kier molecular flexibility index (Phi) is 5.61. The minimum Gasteiger partial charge on any atom is -0.397 e. The topological polar surface area (TPSA) is 77.2 Å². The number of nitrogens with two attached hydrogens (primary N) is 1. The van der Waals surface area contributed by atoms with Gasteiger partial charge in [-0.25, -0.2) is 4.98 Å². The van der Waals surface area contributed by atoms with Crippen LogP contribution in [0.1, 0.15) is 42.5 Å². The van der Waals surface area contributed by atoms with E-state index in [-0.39, 0.29) is 11.1 Å². The molecule has 1 aromatic rings. The molecule has 110 valence electrons. The zero-order chi connectivity index (χ0) is 14.4. The molecule has 0 bridgehead atoms. The van der Waals surface area contributed by atoms with E-state index in [0.29, 0.717) is 30.5 Å². The second-order valence-corrected chi connectivity index (χ2v) is 5.35. The number of amides is 1. The largest absolute Gasteiger partial charge is 0.397 e. The maximum atomic E-state index is 11.9. The van der Waals surface area contributed by atoms with Gasteiger partial charge in [-0.2, -0.15) is 0 Å². The van der Waals surface area contributed by atoms with Crippen molar-refractivity contribution in [2.24, 2.45) is 0 Å². The molecule has 1 fully saturated rings. The summed E-state index contributed by atoms with van der Waals surface area (Å²) in [4.78, 5) is 15.8. The van der Waals surface area contributed by atoms with Gasteiger partial charge >= 0.3 is 0 Å². The van der Waals surface area contributed by atoms with Crippen molar-refractivity contribution in [2.75, 3.05) is 18.9 Å². The molecule has 5 nitrogen and oxygen atoms in total. The lowest BCUT2D eigenvalue weighted by Gasteiger charge is -2.22. The van der Waals surface area contributed by atoms with Crippen molar-refractivity contribution in [2.45, 2.75) is 38.2 Å². The molecule has 1 aliphatic carbocycles. The molecule has 1 heterocycles. The van der Waals surface area contributed by atoms with Gasteiger partial charge in [0, 0.05) is 6.54 Å². The van der Waals surface area contributed by atoms with Gasteiger partial charge in [-0.15, -0.1) is 0 Å². The SMILES string of the molecule is Nc1cnc(Cl)c(C(=O)NCCOC2CCCCC2)c1. The third-order valence-corrected chi connectivity index (χ3v) is 3.70. The maximum Gasteiger partial charge on any atom is 0.254 e.